The number of amides is 2. The number of carbonyl (C=O) groups is 2. The largest absolute Gasteiger partial charge is 0.376 e. The Labute approximate surface area is 98.6 Å². The molecule has 6 heteroatoms. The Bertz CT molecular complexity index is 443. The maximum absolute atomic E-state index is 11.4. The molecule has 1 aromatic heterocycles. The number of aromatic nitrogens is 1. The lowest BCUT2D eigenvalue weighted by Gasteiger charge is -2.07. The normalized spacial score (nSPS) is 14.1. The molecule has 0 atom stereocenters. The number of hydrogen-bond acceptors (Lipinski definition) is 4. The van der Waals surface area contributed by atoms with Gasteiger partial charge in [0.05, 0.1) is 6.54 Å². The van der Waals surface area contributed by atoms with Gasteiger partial charge in [0.1, 0.15) is 5.69 Å². The fraction of sp³-hybridized carbons (Fsp3) is 0.364. The summed E-state index contributed by atoms with van der Waals surface area (Å²) < 4.78 is 0. The van der Waals surface area contributed by atoms with Gasteiger partial charge in [0.2, 0.25) is 5.91 Å². The van der Waals surface area contributed by atoms with E-state index < -0.39 is 5.91 Å². The van der Waals surface area contributed by atoms with Crippen molar-refractivity contribution in [1.82, 2.24) is 10.3 Å². The third-order valence-corrected chi connectivity index (χ3v) is 2.41. The zero-order valence-corrected chi connectivity index (χ0v) is 9.27. The number of rotatable bonds is 5. The SMILES string of the molecule is NC(=O)c1cc(NCC(=O)NC2CC2)ccn1. The van der Waals surface area contributed by atoms with E-state index in [4.69, 9.17) is 5.73 Å². The Balaban J connectivity index is 1.87. The number of hydrogen-bond donors (Lipinski definition) is 3. The van der Waals surface area contributed by atoms with Crippen molar-refractivity contribution in [1.29, 1.82) is 0 Å². The molecule has 17 heavy (non-hydrogen) atoms. The fourth-order valence-corrected chi connectivity index (χ4v) is 1.36. The van der Waals surface area contributed by atoms with Crippen LogP contribution in [0.5, 0.6) is 0 Å². The Morgan fingerprint density at radius 1 is 1.47 bits per heavy atom. The molecule has 0 saturated heterocycles. The summed E-state index contributed by atoms with van der Waals surface area (Å²) in [6.45, 7) is 0.179. The van der Waals surface area contributed by atoms with E-state index in [1.807, 2.05) is 0 Å². The molecule has 1 aliphatic carbocycles. The van der Waals surface area contributed by atoms with E-state index in [0.717, 1.165) is 12.8 Å². The molecule has 2 amide bonds. The van der Waals surface area contributed by atoms with Crippen LogP contribution in [-0.2, 0) is 4.79 Å². The second-order valence-corrected chi connectivity index (χ2v) is 3.99. The van der Waals surface area contributed by atoms with Crippen molar-refractivity contribution in [3.8, 4) is 0 Å². The lowest BCUT2D eigenvalue weighted by Crippen LogP contribution is -2.31. The second kappa shape index (κ2) is 4.82. The molecule has 4 N–H and O–H groups in total. The molecule has 1 aromatic rings. The first-order chi connectivity index (χ1) is 8.15. The Hall–Kier alpha value is -2.11. The lowest BCUT2D eigenvalue weighted by atomic mass is 10.3. The van der Waals surface area contributed by atoms with Crippen molar-refractivity contribution >= 4 is 17.5 Å². The average Bonchev–Trinajstić information content (AvgIpc) is 3.11. The third kappa shape index (κ3) is 3.44. The average molecular weight is 234 g/mol. The van der Waals surface area contributed by atoms with E-state index >= 15 is 0 Å². The van der Waals surface area contributed by atoms with Crippen LogP contribution in [0.1, 0.15) is 23.3 Å². The van der Waals surface area contributed by atoms with E-state index in [1.54, 1.807) is 6.07 Å². The van der Waals surface area contributed by atoms with Crippen LogP contribution in [0, 0.1) is 0 Å². The minimum atomic E-state index is -0.587. The van der Waals surface area contributed by atoms with E-state index in [0.29, 0.717) is 11.7 Å². The summed E-state index contributed by atoms with van der Waals surface area (Å²) in [7, 11) is 0. The zero-order valence-electron chi connectivity index (χ0n) is 9.27. The van der Waals surface area contributed by atoms with Crippen molar-refractivity contribution in [3.05, 3.63) is 24.0 Å². The highest BCUT2D eigenvalue weighted by atomic mass is 16.2. The molecular weight excluding hydrogens is 220 g/mol. The number of carbonyl (C=O) groups excluding carboxylic acids is 2. The van der Waals surface area contributed by atoms with Gasteiger partial charge in [-0.3, -0.25) is 14.6 Å². The highest BCUT2D eigenvalue weighted by Gasteiger charge is 2.22. The predicted molar refractivity (Wildman–Crippen MR) is 62.4 cm³/mol. The number of nitrogens with one attached hydrogen (secondary N) is 2. The van der Waals surface area contributed by atoms with Crippen LogP contribution in [-0.4, -0.2) is 29.4 Å². The van der Waals surface area contributed by atoms with Gasteiger partial charge >= 0.3 is 0 Å². The summed E-state index contributed by atoms with van der Waals surface area (Å²) in [5.74, 6) is -0.638. The summed E-state index contributed by atoms with van der Waals surface area (Å²) >= 11 is 0. The molecule has 1 saturated carbocycles. The highest BCUT2D eigenvalue weighted by Crippen LogP contribution is 2.18. The molecule has 0 bridgehead atoms. The summed E-state index contributed by atoms with van der Waals surface area (Å²) in [4.78, 5) is 26.1. The molecule has 90 valence electrons. The van der Waals surface area contributed by atoms with Gasteiger partial charge in [-0.1, -0.05) is 0 Å². The second-order valence-electron chi connectivity index (χ2n) is 3.99. The minimum absolute atomic E-state index is 0.0510. The van der Waals surface area contributed by atoms with Gasteiger partial charge in [0, 0.05) is 17.9 Å². The summed E-state index contributed by atoms with van der Waals surface area (Å²) in [6, 6.07) is 3.55. The number of anilines is 1. The topological polar surface area (TPSA) is 97.1 Å². The molecule has 1 aliphatic rings. The monoisotopic (exact) mass is 234 g/mol. The summed E-state index contributed by atoms with van der Waals surface area (Å²) in [6.07, 6.45) is 3.60. The highest BCUT2D eigenvalue weighted by molar-refractivity contribution is 5.91. The minimum Gasteiger partial charge on any atom is -0.376 e. The van der Waals surface area contributed by atoms with Crippen LogP contribution in [0.15, 0.2) is 18.3 Å². The summed E-state index contributed by atoms with van der Waals surface area (Å²) in [5.41, 5.74) is 5.94. The maximum Gasteiger partial charge on any atom is 0.267 e. The lowest BCUT2D eigenvalue weighted by molar-refractivity contribution is -0.119. The molecule has 0 aromatic carbocycles. The summed E-state index contributed by atoms with van der Waals surface area (Å²) in [5, 5.41) is 5.77. The van der Waals surface area contributed by atoms with Crippen LogP contribution in [0.3, 0.4) is 0 Å². The van der Waals surface area contributed by atoms with Gasteiger partial charge in [-0.15, -0.1) is 0 Å². The van der Waals surface area contributed by atoms with Gasteiger partial charge in [0.15, 0.2) is 0 Å². The number of nitrogens with two attached hydrogens (primary N) is 1. The number of pyridine rings is 1. The van der Waals surface area contributed by atoms with Gasteiger partial charge in [-0.2, -0.15) is 0 Å². The first kappa shape index (κ1) is 11.4. The molecule has 1 fully saturated rings. The molecule has 0 radical (unpaired) electrons. The quantitative estimate of drug-likeness (QED) is 0.661. The molecule has 1 heterocycles. The van der Waals surface area contributed by atoms with Crippen molar-refractivity contribution in [2.24, 2.45) is 5.73 Å². The Kier molecular flexibility index (Phi) is 3.22. The molecule has 0 unspecified atom stereocenters. The Morgan fingerprint density at radius 2 is 2.24 bits per heavy atom. The smallest absolute Gasteiger partial charge is 0.267 e. The third-order valence-electron chi connectivity index (χ3n) is 2.41. The first-order valence-electron chi connectivity index (χ1n) is 5.44. The van der Waals surface area contributed by atoms with Crippen molar-refractivity contribution in [2.75, 3.05) is 11.9 Å². The fourth-order valence-electron chi connectivity index (χ4n) is 1.36. The van der Waals surface area contributed by atoms with E-state index in [9.17, 15) is 9.59 Å². The Morgan fingerprint density at radius 3 is 2.88 bits per heavy atom. The van der Waals surface area contributed by atoms with E-state index in [-0.39, 0.29) is 18.1 Å². The predicted octanol–water partition coefficient (Wildman–Crippen LogP) is -0.129. The first-order valence-corrected chi connectivity index (χ1v) is 5.44. The van der Waals surface area contributed by atoms with Gasteiger partial charge in [-0.05, 0) is 25.0 Å². The number of nitrogens with zero attached hydrogens (tertiary/aromatic N) is 1. The van der Waals surface area contributed by atoms with Crippen LogP contribution >= 0.6 is 0 Å². The molecular formula is C11H14N4O2. The van der Waals surface area contributed by atoms with Crippen molar-refractivity contribution in [3.63, 3.8) is 0 Å². The van der Waals surface area contributed by atoms with E-state index in [2.05, 4.69) is 15.6 Å². The van der Waals surface area contributed by atoms with Crippen LogP contribution < -0.4 is 16.4 Å². The van der Waals surface area contributed by atoms with Crippen LogP contribution in [0.25, 0.3) is 0 Å². The van der Waals surface area contributed by atoms with Gasteiger partial charge in [-0.25, -0.2) is 0 Å². The molecule has 0 spiro atoms. The van der Waals surface area contributed by atoms with Crippen molar-refractivity contribution < 1.29 is 9.59 Å². The van der Waals surface area contributed by atoms with Gasteiger partial charge in [0.25, 0.3) is 5.91 Å². The van der Waals surface area contributed by atoms with Crippen LogP contribution in [0.4, 0.5) is 5.69 Å². The molecule has 0 aliphatic heterocycles. The maximum atomic E-state index is 11.4. The number of primary amides is 1. The van der Waals surface area contributed by atoms with Crippen molar-refractivity contribution in [2.45, 2.75) is 18.9 Å². The zero-order chi connectivity index (χ0) is 12.3. The molecule has 2 rings (SSSR count). The van der Waals surface area contributed by atoms with E-state index in [1.165, 1.54) is 12.3 Å². The van der Waals surface area contributed by atoms with Gasteiger partial charge < -0.3 is 16.4 Å². The molecule has 6 nitrogen and oxygen atoms in total. The van der Waals surface area contributed by atoms with Crippen LogP contribution in [0.2, 0.25) is 0 Å². The standard InChI is InChI=1S/C11H14N4O2/c12-11(17)9-5-8(3-4-13-9)14-6-10(16)15-7-1-2-7/h3-5,7H,1-2,6H2,(H2,12,17)(H,13,14)(H,15,16).